The molecule has 4 rings (SSSR count). The fraction of sp³-hybridized carbons (Fsp3) is 0.148. The minimum Gasteiger partial charge on any atom is -0.482 e. The second-order valence-corrected chi connectivity index (χ2v) is 8.08. The number of hydrogen-bond acceptors (Lipinski definition) is 2. The Kier molecular flexibility index (Phi) is 6.67. The van der Waals surface area contributed by atoms with Gasteiger partial charge in [0.15, 0.2) is 6.61 Å². The monoisotopic (exact) mass is 504 g/mol. The van der Waals surface area contributed by atoms with E-state index in [1.165, 1.54) is 18.2 Å². The number of halogens is 6. The normalized spacial score (nSPS) is 12.1. The number of fused-ring (bicyclic) bond motifs is 1. The Labute approximate surface area is 201 Å². The van der Waals surface area contributed by atoms with Gasteiger partial charge in [-0.1, -0.05) is 54.6 Å². The number of aliphatic carboxylic acids is 1. The van der Waals surface area contributed by atoms with Gasteiger partial charge in [-0.15, -0.1) is 0 Å². The second-order valence-electron chi connectivity index (χ2n) is 8.08. The molecule has 36 heavy (non-hydrogen) atoms. The summed E-state index contributed by atoms with van der Waals surface area (Å²) in [5.41, 5.74) is -2.04. The molecule has 0 heterocycles. The number of carboxylic acids is 1. The maximum absolute atomic E-state index is 13.8. The van der Waals surface area contributed by atoms with Crippen molar-refractivity contribution in [2.75, 3.05) is 6.61 Å². The van der Waals surface area contributed by atoms with E-state index in [2.05, 4.69) is 0 Å². The maximum atomic E-state index is 13.8. The largest absolute Gasteiger partial charge is 0.482 e. The first kappa shape index (κ1) is 25.1. The van der Waals surface area contributed by atoms with Crippen LogP contribution in [0, 0.1) is 0 Å². The van der Waals surface area contributed by atoms with E-state index in [9.17, 15) is 31.1 Å². The van der Waals surface area contributed by atoms with Crippen LogP contribution in [0.25, 0.3) is 21.9 Å². The Morgan fingerprint density at radius 3 is 2.19 bits per heavy atom. The van der Waals surface area contributed by atoms with E-state index >= 15 is 0 Å². The van der Waals surface area contributed by atoms with Crippen molar-refractivity contribution in [3.05, 3.63) is 101 Å². The summed E-state index contributed by atoms with van der Waals surface area (Å²) in [4.78, 5) is 11.0. The quantitative estimate of drug-likeness (QED) is 0.275. The first-order chi connectivity index (χ1) is 16.9. The van der Waals surface area contributed by atoms with E-state index in [0.29, 0.717) is 11.6 Å². The number of ether oxygens (including phenoxy) is 1. The van der Waals surface area contributed by atoms with Crippen LogP contribution in [0.15, 0.2) is 78.9 Å². The minimum atomic E-state index is -5.04. The van der Waals surface area contributed by atoms with Gasteiger partial charge in [-0.2, -0.15) is 26.3 Å². The Balaban J connectivity index is 1.85. The molecule has 0 aliphatic heterocycles. The maximum Gasteiger partial charge on any atom is 0.417 e. The molecule has 1 N–H and O–H groups in total. The van der Waals surface area contributed by atoms with Gasteiger partial charge in [-0.3, -0.25) is 0 Å². The molecular weight excluding hydrogens is 486 g/mol. The number of hydrogen-bond donors (Lipinski definition) is 1. The summed E-state index contributed by atoms with van der Waals surface area (Å²) in [6.07, 6.45) is -9.79. The van der Waals surface area contributed by atoms with Gasteiger partial charge in [0, 0.05) is 6.42 Å². The molecule has 186 valence electrons. The lowest BCUT2D eigenvalue weighted by molar-refractivity contribution is -0.143. The predicted molar refractivity (Wildman–Crippen MR) is 122 cm³/mol. The lowest BCUT2D eigenvalue weighted by Crippen LogP contribution is -2.12. The molecule has 0 aliphatic carbocycles. The molecule has 0 bridgehead atoms. The topological polar surface area (TPSA) is 46.5 Å². The molecule has 0 amide bonds. The highest BCUT2D eigenvalue weighted by Gasteiger charge is 2.38. The van der Waals surface area contributed by atoms with Crippen LogP contribution in [0.2, 0.25) is 0 Å². The molecule has 0 fully saturated rings. The van der Waals surface area contributed by atoms with E-state index in [1.807, 2.05) is 42.5 Å². The molecule has 0 spiro atoms. The molecule has 0 aliphatic rings. The summed E-state index contributed by atoms with van der Waals surface area (Å²) < 4.78 is 85.9. The van der Waals surface area contributed by atoms with E-state index in [1.54, 1.807) is 0 Å². The van der Waals surface area contributed by atoms with Gasteiger partial charge >= 0.3 is 18.3 Å². The zero-order chi connectivity index (χ0) is 26.1. The number of rotatable bonds is 6. The Bertz CT molecular complexity index is 1420. The van der Waals surface area contributed by atoms with Crippen LogP contribution in [-0.2, 0) is 23.6 Å². The van der Waals surface area contributed by atoms with Crippen molar-refractivity contribution in [2.45, 2.75) is 18.8 Å². The van der Waals surface area contributed by atoms with Crippen LogP contribution in [-0.4, -0.2) is 17.7 Å². The van der Waals surface area contributed by atoms with Crippen molar-refractivity contribution in [1.82, 2.24) is 0 Å². The molecule has 0 saturated carbocycles. The van der Waals surface area contributed by atoms with E-state index in [0.717, 1.165) is 22.4 Å². The van der Waals surface area contributed by atoms with Gasteiger partial charge in [0.1, 0.15) is 5.75 Å². The van der Waals surface area contributed by atoms with Crippen LogP contribution in [0.3, 0.4) is 0 Å². The SMILES string of the molecule is O=C(O)COc1ccc(-c2ccc(C(F)(F)F)cc2C(F)(F)F)cc1Cc1cccc2ccccc12. The van der Waals surface area contributed by atoms with Gasteiger partial charge in [0.05, 0.1) is 11.1 Å². The van der Waals surface area contributed by atoms with Crippen LogP contribution in [0.5, 0.6) is 5.75 Å². The highest BCUT2D eigenvalue weighted by atomic mass is 19.4. The molecule has 0 aromatic heterocycles. The molecular formula is C27H18F6O3. The molecule has 4 aromatic carbocycles. The third-order valence-electron chi connectivity index (χ3n) is 5.64. The van der Waals surface area contributed by atoms with Gasteiger partial charge in [-0.05, 0) is 57.3 Å². The molecule has 0 unspecified atom stereocenters. The van der Waals surface area contributed by atoms with E-state index in [4.69, 9.17) is 9.84 Å². The fourth-order valence-corrected chi connectivity index (χ4v) is 4.02. The molecule has 9 heteroatoms. The average Bonchev–Trinajstić information content (AvgIpc) is 2.82. The predicted octanol–water partition coefficient (Wildman–Crippen LogP) is 7.60. The number of carboxylic acid groups (broad SMARTS) is 1. The summed E-state index contributed by atoms with van der Waals surface area (Å²) >= 11 is 0. The Hall–Kier alpha value is -4.01. The summed E-state index contributed by atoms with van der Waals surface area (Å²) in [5, 5.41) is 10.8. The number of alkyl halides is 6. The van der Waals surface area contributed by atoms with Crippen LogP contribution < -0.4 is 4.74 Å². The van der Waals surface area contributed by atoms with Crippen LogP contribution in [0.4, 0.5) is 26.3 Å². The highest BCUT2D eigenvalue weighted by molar-refractivity contribution is 5.86. The van der Waals surface area contributed by atoms with Crippen LogP contribution in [0.1, 0.15) is 22.3 Å². The summed E-state index contributed by atoms with van der Waals surface area (Å²) in [6, 6.07) is 18.5. The highest BCUT2D eigenvalue weighted by Crippen LogP contribution is 2.42. The third-order valence-corrected chi connectivity index (χ3v) is 5.64. The average molecular weight is 504 g/mol. The van der Waals surface area contributed by atoms with Crippen molar-refractivity contribution in [3.63, 3.8) is 0 Å². The molecule has 0 atom stereocenters. The first-order valence-corrected chi connectivity index (χ1v) is 10.7. The Morgan fingerprint density at radius 2 is 1.50 bits per heavy atom. The lowest BCUT2D eigenvalue weighted by Gasteiger charge is -2.18. The number of benzene rings is 4. The van der Waals surface area contributed by atoms with Crippen molar-refractivity contribution >= 4 is 16.7 Å². The van der Waals surface area contributed by atoms with Crippen molar-refractivity contribution in [2.24, 2.45) is 0 Å². The standard InChI is InChI=1S/C27H18F6O3/c28-26(29,30)20-9-10-22(23(14-20)27(31,32)33)18-8-11-24(36-15-25(34)35)19(13-18)12-17-6-3-5-16-4-1-2-7-21(16)17/h1-11,13-14H,12,15H2,(H,34,35). The molecule has 0 saturated heterocycles. The number of carbonyl (C=O) groups is 1. The van der Waals surface area contributed by atoms with Crippen LogP contribution >= 0.6 is 0 Å². The molecule has 3 nitrogen and oxygen atoms in total. The van der Waals surface area contributed by atoms with Gasteiger partial charge in [0.25, 0.3) is 0 Å². The van der Waals surface area contributed by atoms with E-state index in [-0.39, 0.29) is 23.8 Å². The lowest BCUT2D eigenvalue weighted by atomic mass is 9.92. The van der Waals surface area contributed by atoms with Crippen molar-refractivity contribution in [3.8, 4) is 16.9 Å². The van der Waals surface area contributed by atoms with Crippen molar-refractivity contribution in [1.29, 1.82) is 0 Å². The Morgan fingerprint density at radius 1 is 0.778 bits per heavy atom. The molecule has 4 aromatic rings. The smallest absolute Gasteiger partial charge is 0.417 e. The first-order valence-electron chi connectivity index (χ1n) is 10.7. The van der Waals surface area contributed by atoms with Gasteiger partial charge in [0.2, 0.25) is 0 Å². The summed E-state index contributed by atoms with van der Waals surface area (Å²) in [6.45, 7) is -0.671. The summed E-state index contributed by atoms with van der Waals surface area (Å²) in [7, 11) is 0. The summed E-state index contributed by atoms with van der Waals surface area (Å²) in [5.74, 6) is -1.09. The zero-order valence-corrected chi connectivity index (χ0v) is 18.5. The third kappa shape index (κ3) is 5.45. The van der Waals surface area contributed by atoms with Crippen molar-refractivity contribution < 1.29 is 41.0 Å². The molecule has 0 radical (unpaired) electrons. The van der Waals surface area contributed by atoms with E-state index < -0.39 is 41.6 Å². The van der Waals surface area contributed by atoms with Gasteiger partial charge < -0.3 is 9.84 Å². The zero-order valence-electron chi connectivity index (χ0n) is 18.5. The second kappa shape index (κ2) is 9.56. The minimum absolute atomic E-state index is 0.0222. The fourth-order valence-electron chi connectivity index (χ4n) is 4.02. The van der Waals surface area contributed by atoms with Gasteiger partial charge in [-0.25, -0.2) is 4.79 Å².